The third-order valence-electron chi connectivity index (χ3n) is 1.07. The molecule has 0 saturated heterocycles. The summed E-state index contributed by atoms with van der Waals surface area (Å²) < 4.78 is 47.2. The Kier molecular flexibility index (Phi) is 2.11. The second kappa shape index (κ2) is 2.89. The standard InChI is InChI=1S/C5H4F4N2/c6-4(7)3-1-11(2-10-3)5(8)9/h1-2,4-5H. The molecule has 1 aromatic heterocycles. The third-order valence-corrected chi connectivity index (χ3v) is 1.07. The Morgan fingerprint density at radius 1 is 1.27 bits per heavy atom. The molecule has 1 aromatic rings. The van der Waals surface area contributed by atoms with Crippen LogP contribution < -0.4 is 0 Å². The number of imidazole rings is 1. The van der Waals surface area contributed by atoms with Crippen molar-refractivity contribution in [2.75, 3.05) is 0 Å². The van der Waals surface area contributed by atoms with Gasteiger partial charge in [0.25, 0.3) is 6.43 Å². The summed E-state index contributed by atoms with van der Waals surface area (Å²) in [6.07, 6.45) is -1.50. The van der Waals surface area contributed by atoms with Gasteiger partial charge in [-0.3, -0.25) is 4.57 Å². The van der Waals surface area contributed by atoms with Crippen LogP contribution in [0.2, 0.25) is 0 Å². The highest BCUT2D eigenvalue weighted by atomic mass is 19.3. The van der Waals surface area contributed by atoms with Crippen LogP contribution in [0.3, 0.4) is 0 Å². The fourth-order valence-corrected chi connectivity index (χ4v) is 0.572. The summed E-state index contributed by atoms with van der Waals surface area (Å²) >= 11 is 0. The Morgan fingerprint density at radius 2 is 1.91 bits per heavy atom. The maximum atomic E-state index is 11.7. The van der Waals surface area contributed by atoms with Gasteiger partial charge in [-0.05, 0) is 0 Å². The van der Waals surface area contributed by atoms with Gasteiger partial charge < -0.3 is 0 Å². The Morgan fingerprint density at radius 3 is 2.18 bits per heavy atom. The lowest BCUT2D eigenvalue weighted by atomic mass is 10.5. The molecule has 0 spiro atoms. The molecular formula is C5H4F4N2. The lowest BCUT2D eigenvalue weighted by Gasteiger charge is -1.95. The van der Waals surface area contributed by atoms with Gasteiger partial charge in [-0.15, -0.1) is 0 Å². The Bertz CT molecular complexity index is 210. The summed E-state index contributed by atoms with van der Waals surface area (Å²) in [6.45, 7) is -2.81. The Balaban J connectivity index is 2.82. The minimum atomic E-state index is -2.81. The first-order valence-corrected chi connectivity index (χ1v) is 2.71. The summed E-state index contributed by atoms with van der Waals surface area (Å²) in [5.74, 6) is 0. The van der Waals surface area contributed by atoms with E-state index in [-0.39, 0.29) is 0 Å². The summed E-state index contributed by atoms with van der Waals surface area (Å²) in [5, 5.41) is 0. The van der Waals surface area contributed by atoms with Crippen LogP contribution in [0, 0.1) is 0 Å². The molecule has 11 heavy (non-hydrogen) atoms. The fraction of sp³-hybridized carbons (Fsp3) is 0.400. The summed E-state index contributed by atoms with van der Waals surface area (Å²) in [7, 11) is 0. The second-order valence-corrected chi connectivity index (χ2v) is 1.82. The average molecular weight is 168 g/mol. The SMILES string of the molecule is FC(F)c1cn(C(F)F)cn1. The number of nitrogens with zero attached hydrogens (tertiary/aromatic N) is 2. The van der Waals surface area contributed by atoms with E-state index >= 15 is 0 Å². The minimum Gasteiger partial charge on any atom is -0.280 e. The number of halogens is 4. The molecule has 0 aliphatic rings. The first kappa shape index (κ1) is 8.03. The lowest BCUT2D eigenvalue weighted by molar-refractivity contribution is 0.0695. The zero-order valence-electron chi connectivity index (χ0n) is 5.22. The molecule has 0 N–H and O–H groups in total. The van der Waals surface area contributed by atoms with E-state index in [1.807, 2.05) is 0 Å². The first-order valence-electron chi connectivity index (χ1n) is 2.71. The second-order valence-electron chi connectivity index (χ2n) is 1.82. The number of rotatable bonds is 2. The predicted molar refractivity (Wildman–Crippen MR) is 28.4 cm³/mol. The largest absolute Gasteiger partial charge is 0.319 e. The van der Waals surface area contributed by atoms with E-state index in [1.54, 1.807) is 0 Å². The van der Waals surface area contributed by atoms with Crippen LogP contribution >= 0.6 is 0 Å². The quantitative estimate of drug-likeness (QED) is 0.619. The zero-order valence-corrected chi connectivity index (χ0v) is 5.22. The van der Waals surface area contributed by atoms with E-state index in [0.29, 0.717) is 17.1 Å². The van der Waals surface area contributed by atoms with Crippen LogP contribution in [-0.4, -0.2) is 9.55 Å². The Hall–Kier alpha value is -1.07. The fourth-order valence-electron chi connectivity index (χ4n) is 0.572. The van der Waals surface area contributed by atoms with Gasteiger partial charge in [-0.1, -0.05) is 0 Å². The number of alkyl halides is 4. The first-order chi connectivity index (χ1) is 5.11. The van der Waals surface area contributed by atoms with E-state index in [2.05, 4.69) is 4.98 Å². The van der Waals surface area contributed by atoms with Crippen molar-refractivity contribution in [1.82, 2.24) is 9.55 Å². The molecule has 0 aliphatic carbocycles. The number of hydrogen-bond donors (Lipinski definition) is 0. The van der Waals surface area contributed by atoms with Gasteiger partial charge in [0.15, 0.2) is 0 Å². The molecule has 0 amide bonds. The highest BCUT2D eigenvalue weighted by molar-refractivity contribution is 4.97. The van der Waals surface area contributed by atoms with Gasteiger partial charge in [-0.25, -0.2) is 13.8 Å². The van der Waals surface area contributed by atoms with Gasteiger partial charge >= 0.3 is 6.55 Å². The van der Waals surface area contributed by atoms with Crippen molar-refractivity contribution in [1.29, 1.82) is 0 Å². The van der Waals surface area contributed by atoms with Crippen molar-refractivity contribution in [2.45, 2.75) is 13.0 Å². The summed E-state index contributed by atoms with van der Waals surface area (Å²) in [4.78, 5) is 3.07. The van der Waals surface area contributed by atoms with Crippen LogP contribution in [0.5, 0.6) is 0 Å². The van der Waals surface area contributed by atoms with Gasteiger partial charge in [0.2, 0.25) is 0 Å². The maximum absolute atomic E-state index is 11.7. The van der Waals surface area contributed by atoms with E-state index < -0.39 is 18.7 Å². The minimum absolute atomic E-state index is 0.321. The molecule has 62 valence electrons. The van der Waals surface area contributed by atoms with Crippen molar-refractivity contribution in [3.05, 3.63) is 18.2 Å². The van der Waals surface area contributed by atoms with Crippen LogP contribution in [0.15, 0.2) is 12.5 Å². The molecular weight excluding hydrogens is 164 g/mol. The van der Waals surface area contributed by atoms with Crippen molar-refractivity contribution < 1.29 is 17.6 Å². The number of hydrogen-bond acceptors (Lipinski definition) is 1. The van der Waals surface area contributed by atoms with Gasteiger partial charge in [-0.2, -0.15) is 8.78 Å². The van der Waals surface area contributed by atoms with E-state index in [4.69, 9.17) is 0 Å². The van der Waals surface area contributed by atoms with Gasteiger partial charge in [0.1, 0.15) is 5.69 Å². The third kappa shape index (κ3) is 1.69. The highest BCUT2D eigenvalue weighted by Crippen LogP contribution is 2.18. The van der Waals surface area contributed by atoms with Crippen molar-refractivity contribution >= 4 is 0 Å². The van der Waals surface area contributed by atoms with E-state index in [1.165, 1.54) is 0 Å². The van der Waals surface area contributed by atoms with Gasteiger partial charge in [0, 0.05) is 6.20 Å². The molecule has 6 heteroatoms. The van der Waals surface area contributed by atoms with Crippen LogP contribution in [0.25, 0.3) is 0 Å². The van der Waals surface area contributed by atoms with Crippen molar-refractivity contribution in [3.63, 3.8) is 0 Å². The summed E-state index contributed by atoms with van der Waals surface area (Å²) in [6, 6.07) is 0. The lowest BCUT2D eigenvalue weighted by Crippen LogP contribution is -1.92. The monoisotopic (exact) mass is 168 g/mol. The molecule has 0 aliphatic heterocycles. The highest BCUT2D eigenvalue weighted by Gasteiger charge is 2.13. The maximum Gasteiger partial charge on any atom is 0.319 e. The van der Waals surface area contributed by atoms with Crippen LogP contribution in [-0.2, 0) is 0 Å². The molecule has 0 saturated carbocycles. The molecule has 0 unspecified atom stereocenters. The molecule has 2 nitrogen and oxygen atoms in total. The smallest absolute Gasteiger partial charge is 0.280 e. The molecule has 1 heterocycles. The van der Waals surface area contributed by atoms with Crippen LogP contribution in [0.4, 0.5) is 17.6 Å². The van der Waals surface area contributed by atoms with Crippen molar-refractivity contribution in [3.8, 4) is 0 Å². The van der Waals surface area contributed by atoms with Crippen molar-refractivity contribution in [2.24, 2.45) is 0 Å². The predicted octanol–water partition coefficient (Wildman–Crippen LogP) is 2.22. The van der Waals surface area contributed by atoms with E-state index in [0.717, 1.165) is 0 Å². The molecule has 0 radical (unpaired) electrons. The molecule has 0 bridgehead atoms. The number of aromatic nitrogens is 2. The van der Waals surface area contributed by atoms with Gasteiger partial charge in [0.05, 0.1) is 6.33 Å². The molecule has 0 atom stereocenters. The van der Waals surface area contributed by atoms with E-state index in [9.17, 15) is 17.6 Å². The van der Waals surface area contributed by atoms with Crippen LogP contribution in [0.1, 0.15) is 18.7 Å². The molecule has 0 fully saturated rings. The molecule has 0 aromatic carbocycles. The topological polar surface area (TPSA) is 17.8 Å². The normalized spacial score (nSPS) is 11.5. The average Bonchev–Trinajstić information content (AvgIpc) is 2.33. The molecule has 1 rings (SSSR count). The zero-order chi connectivity index (χ0) is 8.43. The summed E-state index contributed by atoms with van der Waals surface area (Å²) in [5.41, 5.74) is -0.634. The Labute approximate surface area is 59.5 Å².